The maximum absolute atomic E-state index is 14.8. The van der Waals surface area contributed by atoms with Gasteiger partial charge in [-0.2, -0.15) is 0 Å². The Morgan fingerprint density at radius 3 is 2.29 bits per heavy atom. The molecule has 3 aromatic carbocycles. The van der Waals surface area contributed by atoms with Gasteiger partial charge in [-0.1, -0.05) is 42.5 Å². The molecule has 0 unspecified atom stereocenters. The van der Waals surface area contributed by atoms with E-state index in [9.17, 15) is 13.9 Å². The van der Waals surface area contributed by atoms with Crippen LogP contribution in [0, 0.1) is 11.6 Å². The summed E-state index contributed by atoms with van der Waals surface area (Å²) < 4.78 is 51.8. The molecule has 0 spiro atoms. The highest BCUT2D eigenvalue weighted by molar-refractivity contribution is 5.37. The van der Waals surface area contributed by atoms with E-state index in [0.29, 0.717) is 11.3 Å². The Hall–Kier alpha value is -2.84. The van der Waals surface area contributed by atoms with Crippen molar-refractivity contribution in [3.8, 4) is 5.75 Å². The Labute approximate surface area is 197 Å². The highest BCUT2D eigenvalue weighted by Crippen LogP contribution is 2.38. The smallest absolute Gasteiger partial charge is 0.163 e. The number of hydrogen-bond donors (Lipinski definition) is 1. The number of rotatable bonds is 8. The summed E-state index contributed by atoms with van der Waals surface area (Å²) in [6.07, 6.45) is -1.10. The average molecular weight is 471 g/mol. The SMILES string of the molecule is COc1ccc([C@@H](OC[C@](O)(c2ccc(F)cc2)c2ccccc2F)[C@H]2COC(C)(C)O2)cc1. The van der Waals surface area contributed by atoms with Crippen LogP contribution in [0.3, 0.4) is 0 Å². The van der Waals surface area contributed by atoms with Crippen LogP contribution in [0.1, 0.15) is 36.6 Å². The molecule has 0 bridgehead atoms. The van der Waals surface area contributed by atoms with Crippen LogP contribution in [0.2, 0.25) is 0 Å². The molecule has 7 heteroatoms. The van der Waals surface area contributed by atoms with Gasteiger partial charge < -0.3 is 24.1 Å². The minimum Gasteiger partial charge on any atom is -0.497 e. The maximum Gasteiger partial charge on any atom is 0.163 e. The lowest BCUT2D eigenvalue weighted by molar-refractivity contribution is -0.164. The first kappa shape index (κ1) is 24.3. The molecule has 1 aliphatic heterocycles. The fourth-order valence-electron chi connectivity index (χ4n) is 4.13. The molecule has 34 heavy (non-hydrogen) atoms. The summed E-state index contributed by atoms with van der Waals surface area (Å²) in [5, 5.41) is 11.8. The van der Waals surface area contributed by atoms with Gasteiger partial charge in [0.15, 0.2) is 5.79 Å². The second-order valence-corrected chi connectivity index (χ2v) is 8.72. The summed E-state index contributed by atoms with van der Waals surface area (Å²) in [5.41, 5.74) is -0.767. The first-order chi connectivity index (χ1) is 16.2. The van der Waals surface area contributed by atoms with Crippen molar-refractivity contribution in [2.24, 2.45) is 0 Å². The quantitative estimate of drug-likeness (QED) is 0.495. The third-order valence-electron chi connectivity index (χ3n) is 5.93. The van der Waals surface area contributed by atoms with Gasteiger partial charge in [0, 0.05) is 5.56 Å². The second-order valence-electron chi connectivity index (χ2n) is 8.72. The lowest BCUT2D eigenvalue weighted by Crippen LogP contribution is -2.37. The summed E-state index contributed by atoms with van der Waals surface area (Å²) in [4.78, 5) is 0. The molecule has 1 fully saturated rings. The van der Waals surface area contributed by atoms with Crippen LogP contribution in [0.15, 0.2) is 72.8 Å². The van der Waals surface area contributed by atoms with E-state index in [1.165, 1.54) is 42.5 Å². The van der Waals surface area contributed by atoms with E-state index in [4.69, 9.17) is 18.9 Å². The highest BCUT2D eigenvalue weighted by Gasteiger charge is 2.41. The summed E-state index contributed by atoms with van der Waals surface area (Å²) in [6, 6.07) is 18.5. The molecule has 3 aromatic rings. The Kier molecular flexibility index (Phi) is 7.00. The monoisotopic (exact) mass is 470 g/mol. The van der Waals surface area contributed by atoms with Gasteiger partial charge in [0.2, 0.25) is 0 Å². The second kappa shape index (κ2) is 9.80. The van der Waals surface area contributed by atoms with E-state index in [-0.39, 0.29) is 18.8 Å². The van der Waals surface area contributed by atoms with E-state index in [1.54, 1.807) is 25.3 Å². The van der Waals surface area contributed by atoms with Crippen LogP contribution in [-0.2, 0) is 19.8 Å². The standard InChI is InChI=1S/C27H28F2O5/c1-26(2)33-16-24(34-26)25(18-8-14-21(31-3)15-9-18)32-17-27(30,19-10-12-20(28)13-11-19)22-6-4-5-7-23(22)29/h4-15,24-25,30H,16-17H2,1-3H3/t24-,25-,27+/m1/s1. The summed E-state index contributed by atoms with van der Waals surface area (Å²) in [5.74, 6) is -1.17. The summed E-state index contributed by atoms with van der Waals surface area (Å²) >= 11 is 0. The third-order valence-corrected chi connectivity index (χ3v) is 5.93. The highest BCUT2D eigenvalue weighted by atomic mass is 19.1. The van der Waals surface area contributed by atoms with Gasteiger partial charge in [-0.15, -0.1) is 0 Å². The molecule has 5 nitrogen and oxygen atoms in total. The van der Waals surface area contributed by atoms with Crippen molar-refractivity contribution in [2.75, 3.05) is 20.3 Å². The zero-order valence-electron chi connectivity index (χ0n) is 19.3. The molecule has 0 amide bonds. The van der Waals surface area contributed by atoms with Gasteiger partial charge in [-0.25, -0.2) is 8.78 Å². The van der Waals surface area contributed by atoms with E-state index in [2.05, 4.69) is 0 Å². The lowest BCUT2D eigenvalue weighted by atomic mass is 9.86. The zero-order valence-corrected chi connectivity index (χ0v) is 19.3. The predicted molar refractivity (Wildman–Crippen MR) is 122 cm³/mol. The van der Waals surface area contributed by atoms with Crippen LogP contribution in [0.25, 0.3) is 0 Å². The first-order valence-corrected chi connectivity index (χ1v) is 11.0. The Balaban J connectivity index is 1.69. The van der Waals surface area contributed by atoms with Gasteiger partial charge in [-0.3, -0.25) is 0 Å². The fourth-order valence-corrected chi connectivity index (χ4v) is 4.13. The third kappa shape index (κ3) is 5.13. The molecule has 1 aliphatic rings. The van der Waals surface area contributed by atoms with E-state index < -0.39 is 35.2 Å². The van der Waals surface area contributed by atoms with Crippen molar-refractivity contribution in [3.05, 3.63) is 101 Å². The van der Waals surface area contributed by atoms with E-state index in [1.807, 2.05) is 26.0 Å². The molecular formula is C27H28F2O5. The molecule has 1 saturated heterocycles. The number of aliphatic hydroxyl groups is 1. The molecule has 1 N–H and O–H groups in total. The molecular weight excluding hydrogens is 442 g/mol. The van der Waals surface area contributed by atoms with Gasteiger partial charge >= 0.3 is 0 Å². The minimum atomic E-state index is -1.88. The molecule has 0 saturated carbocycles. The number of ether oxygens (including phenoxy) is 4. The van der Waals surface area contributed by atoms with Gasteiger partial charge in [0.1, 0.15) is 35.2 Å². The number of methoxy groups -OCH3 is 1. The number of hydrogen-bond acceptors (Lipinski definition) is 5. The van der Waals surface area contributed by atoms with E-state index in [0.717, 1.165) is 5.56 Å². The maximum atomic E-state index is 14.8. The van der Waals surface area contributed by atoms with Crippen molar-refractivity contribution < 1.29 is 32.8 Å². The van der Waals surface area contributed by atoms with Crippen LogP contribution in [-0.4, -0.2) is 37.3 Å². The summed E-state index contributed by atoms with van der Waals surface area (Å²) in [6.45, 7) is 3.59. The van der Waals surface area contributed by atoms with Gasteiger partial charge in [0.25, 0.3) is 0 Å². The van der Waals surface area contributed by atoms with Gasteiger partial charge in [0.05, 0.1) is 20.3 Å². The number of benzene rings is 3. The molecule has 180 valence electrons. The van der Waals surface area contributed by atoms with E-state index >= 15 is 0 Å². The molecule has 0 radical (unpaired) electrons. The molecule has 4 rings (SSSR count). The Morgan fingerprint density at radius 1 is 1.03 bits per heavy atom. The molecule has 1 heterocycles. The van der Waals surface area contributed by atoms with Crippen LogP contribution in [0.4, 0.5) is 8.78 Å². The molecule has 0 aromatic heterocycles. The van der Waals surface area contributed by atoms with Crippen LogP contribution in [0.5, 0.6) is 5.75 Å². The number of halogens is 2. The lowest BCUT2D eigenvalue weighted by Gasteiger charge is -2.33. The van der Waals surface area contributed by atoms with Crippen molar-refractivity contribution in [1.29, 1.82) is 0 Å². The van der Waals surface area contributed by atoms with Crippen LogP contribution >= 0.6 is 0 Å². The van der Waals surface area contributed by atoms with Crippen molar-refractivity contribution in [1.82, 2.24) is 0 Å². The largest absolute Gasteiger partial charge is 0.497 e. The van der Waals surface area contributed by atoms with Crippen molar-refractivity contribution in [3.63, 3.8) is 0 Å². The predicted octanol–water partition coefficient (Wildman–Crippen LogP) is 5.12. The molecule has 0 aliphatic carbocycles. The average Bonchev–Trinajstić information content (AvgIpc) is 3.19. The Morgan fingerprint density at radius 2 is 1.71 bits per heavy atom. The Bertz CT molecular complexity index is 1100. The van der Waals surface area contributed by atoms with Crippen molar-refractivity contribution >= 4 is 0 Å². The van der Waals surface area contributed by atoms with Crippen LogP contribution < -0.4 is 4.74 Å². The molecule has 3 atom stereocenters. The fraction of sp³-hybridized carbons (Fsp3) is 0.333. The zero-order chi connectivity index (χ0) is 24.3. The normalized spacial score (nSPS) is 20.0. The van der Waals surface area contributed by atoms with Crippen molar-refractivity contribution in [2.45, 2.75) is 37.4 Å². The topological polar surface area (TPSA) is 57.2 Å². The summed E-state index contributed by atoms with van der Waals surface area (Å²) in [7, 11) is 1.58. The van der Waals surface area contributed by atoms with Gasteiger partial charge in [-0.05, 0) is 55.3 Å². The minimum absolute atomic E-state index is 0.0269. The first-order valence-electron chi connectivity index (χ1n) is 11.0.